The summed E-state index contributed by atoms with van der Waals surface area (Å²) in [6, 6.07) is 4.41. The van der Waals surface area contributed by atoms with Gasteiger partial charge < -0.3 is 10.6 Å². The van der Waals surface area contributed by atoms with Crippen LogP contribution in [0.5, 0.6) is 0 Å². The van der Waals surface area contributed by atoms with Crippen molar-refractivity contribution in [2.75, 3.05) is 5.32 Å². The molecule has 12 heteroatoms. The number of alkyl halides is 3. The SMILES string of the molecule is Cc1nn(C)c(C)c1CNC(=O)c1nn2c(c1Cl)N[C@H](c1ccc(Br)cc1)C[C@@H]2C(F)(F)F. The number of anilines is 1. The Morgan fingerprint density at radius 2 is 1.94 bits per heavy atom. The molecule has 1 aliphatic rings. The monoisotopic (exact) mass is 544 g/mol. The van der Waals surface area contributed by atoms with Gasteiger partial charge in [-0.15, -0.1) is 0 Å². The van der Waals surface area contributed by atoms with Crippen LogP contribution in [0.4, 0.5) is 19.0 Å². The smallest absolute Gasteiger partial charge is 0.362 e. The molecule has 0 saturated heterocycles. The van der Waals surface area contributed by atoms with Gasteiger partial charge >= 0.3 is 6.18 Å². The zero-order valence-corrected chi connectivity index (χ0v) is 20.3. The Morgan fingerprint density at radius 3 is 2.52 bits per heavy atom. The molecule has 3 aromatic rings. The number of hydrogen-bond donors (Lipinski definition) is 2. The van der Waals surface area contributed by atoms with Crippen LogP contribution in [0.25, 0.3) is 0 Å². The molecule has 33 heavy (non-hydrogen) atoms. The average Bonchev–Trinajstić information content (AvgIpc) is 3.21. The van der Waals surface area contributed by atoms with Gasteiger partial charge in [-0.25, -0.2) is 4.68 Å². The Morgan fingerprint density at radius 1 is 1.27 bits per heavy atom. The molecule has 1 aromatic carbocycles. The van der Waals surface area contributed by atoms with E-state index in [-0.39, 0.29) is 29.5 Å². The Hall–Kier alpha value is -2.53. The van der Waals surface area contributed by atoms with Crippen LogP contribution in [0.15, 0.2) is 28.7 Å². The molecule has 0 fully saturated rings. The van der Waals surface area contributed by atoms with Crippen molar-refractivity contribution in [2.45, 2.75) is 45.1 Å². The van der Waals surface area contributed by atoms with Crippen LogP contribution in [0.2, 0.25) is 5.02 Å². The van der Waals surface area contributed by atoms with Crippen LogP contribution >= 0.6 is 27.5 Å². The molecule has 0 radical (unpaired) electrons. The minimum atomic E-state index is -4.57. The normalized spacial score (nSPS) is 18.1. The fraction of sp³-hybridized carbons (Fsp3) is 0.381. The van der Waals surface area contributed by atoms with E-state index in [1.807, 2.05) is 13.8 Å². The maximum Gasteiger partial charge on any atom is 0.410 e. The van der Waals surface area contributed by atoms with Crippen LogP contribution in [0.3, 0.4) is 0 Å². The fourth-order valence-corrected chi connectivity index (χ4v) is 4.50. The Balaban J connectivity index is 1.64. The lowest BCUT2D eigenvalue weighted by molar-refractivity contribution is -0.173. The number of aryl methyl sites for hydroxylation is 2. The van der Waals surface area contributed by atoms with Gasteiger partial charge in [0.15, 0.2) is 11.7 Å². The van der Waals surface area contributed by atoms with Crippen LogP contribution in [0.1, 0.15) is 51.5 Å². The molecular weight excluding hydrogens is 525 g/mol. The standard InChI is InChI=1S/C21H21BrClF3N6O/c1-10-14(11(2)31(3)29-10)9-27-20(33)18-17(23)19-28-15(12-4-6-13(22)7-5-12)8-16(21(24,25)26)32(19)30-18/h4-7,15-16,28H,8-9H2,1-3H3,(H,27,33)/t15-,16+/m0/s1. The molecule has 2 atom stereocenters. The van der Waals surface area contributed by atoms with Crippen molar-refractivity contribution in [3.8, 4) is 0 Å². The minimum Gasteiger partial charge on any atom is -0.362 e. The van der Waals surface area contributed by atoms with E-state index >= 15 is 0 Å². The number of amides is 1. The maximum absolute atomic E-state index is 13.9. The van der Waals surface area contributed by atoms with Crippen molar-refractivity contribution in [1.29, 1.82) is 0 Å². The first-order chi connectivity index (χ1) is 15.5. The number of aromatic nitrogens is 4. The van der Waals surface area contributed by atoms with E-state index < -0.39 is 24.2 Å². The lowest BCUT2D eigenvalue weighted by atomic mass is 9.97. The summed E-state index contributed by atoms with van der Waals surface area (Å²) in [5.74, 6) is -0.690. The van der Waals surface area contributed by atoms with Gasteiger partial charge in [-0.1, -0.05) is 39.7 Å². The summed E-state index contributed by atoms with van der Waals surface area (Å²) in [6.07, 6.45) is -4.86. The number of carbonyl (C=O) groups is 1. The number of halogens is 5. The first kappa shape index (κ1) is 23.6. The van der Waals surface area contributed by atoms with E-state index in [9.17, 15) is 18.0 Å². The van der Waals surface area contributed by atoms with Crippen LogP contribution < -0.4 is 10.6 Å². The van der Waals surface area contributed by atoms with Gasteiger partial charge in [0.05, 0.1) is 11.7 Å². The van der Waals surface area contributed by atoms with Crippen LogP contribution in [-0.4, -0.2) is 31.6 Å². The van der Waals surface area contributed by atoms with Crippen molar-refractivity contribution >= 4 is 39.3 Å². The fourth-order valence-electron chi connectivity index (χ4n) is 3.97. The predicted molar refractivity (Wildman–Crippen MR) is 121 cm³/mol. The van der Waals surface area contributed by atoms with E-state index in [0.717, 1.165) is 26.1 Å². The van der Waals surface area contributed by atoms with Gasteiger partial charge in [0, 0.05) is 35.7 Å². The molecule has 4 rings (SSSR count). The molecule has 0 spiro atoms. The van der Waals surface area contributed by atoms with Crippen molar-refractivity contribution in [1.82, 2.24) is 24.9 Å². The molecule has 1 amide bonds. The summed E-state index contributed by atoms with van der Waals surface area (Å²) >= 11 is 9.71. The molecule has 7 nitrogen and oxygen atoms in total. The molecule has 2 aromatic heterocycles. The number of fused-ring (bicyclic) bond motifs is 1. The summed E-state index contributed by atoms with van der Waals surface area (Å²) < 4.78 is 45.1. The molecule has 1 aliphatic heterocycles. The second-order valence-electron chi connectivity index (χ2n) is 7.95. The molecule has 0 saturated carbocycles. The zero-order chi connectivity index (χ0) is 24.1. The second kappa shape index (κ2) is 8.68. The van der Waals surface area contributed by atoms with Gasteiger partial charge in [0.1, 0.15) is 10.8 Å². The Bertz CT molecular complexity index is 1200. The summed E-state index contributed by atoms with van der Waals surface area (Å²) in [5, 5.41) is 13.8. The number of nitrogens with zero attached hydrogens (tertiary/aromatic N) is 4. The summed E-state index contributed by atoms with van der Waals surface area (Å²) in [6.45, 7) is 3.83. The van der Waals surface area contributed by atoms with Gasteiger partial charge in [-0.3, -0.25) is 9.48 Å². The van der Waals surface area contributed by atoms with Crippen LogP contribution in [-0.2, 0) is 13.6 Å². The van der Waals surface area contributed by atoms with E-state index in [1.54, 1.807) is 36.0 Å². The first-order valence-corrected chi connectivity index (χ1v) is 11.3. The van der Waals surface area contributed by atoms with Crippen LogP contribution in [0, 0.1) is 13.8 Å². The molecule has 0 bridgehead atoms. The van der Waals surface area contributed by atoms with E-state index in [2.05, 4.69) is 36.8 Å². The quantitative estimate of drug-likeness (QED) is 0.470. The highest BCUT2D eigenvalue weighted by molar-refractivity contribution is 9.10. The van der Waals surface area contributed by atoms with E-state index in [4.69, 9.17) is 11.6 Å². The number of hydrogen-bond acceptors (Lipinski definition) is 4. The number of rotatable bonds is 4. The first-order valence-electron chi connectivity index (χ1n) is 10.1. The largest absolute Gasteiger partial charge is 0.410 e. The van der Waals surface area contributed by atoms with Crippen molar-refractivity contribution in [3.05, 3.63) is 62.0 Å². The summed E-state index contributed by atoms with van der Waals surface area (Å²) in [7, 11) is 1.79. The lowest BCUT2D eigenvalue weighted by Crippen LogP contribution is -2.35. The Kier molecular flexibility index (Phi) is 6.21. The minimum absolute atomic E-state index is 0.0305. The predicted octanol–water partition coefficient (Wildman–Crippen LogP) is 5.24. The molecule has 176 valence electrons. The van der Waals surface area contributed by atoms with E-state index in [1.165, 1.54) is 0 Å². The third-order valence-electron chi connectivity index (χ3n) is 5.87. The van der Waals surface area contributed by atoms with Gasteiger partial charge in [-0.2, -0.15) is 23.4 Å². The number of nitrogens with one attached hydrogen (secondary N) is 2. The molecule has 2 N–H and O–H groups in total. The highest BCUT2D eigenvalue weighted by Gasteiger charge is 2.47. The Labute approximate surface area is 201 Å². The number of benzene rings is 1. The second-order valence-corrected chi connectivity index (χ2v) is 9.25. The number of carbonyl (C=O) groups excluding carboxylic acids is 1. The lowest BCUT2D eigenvalue weighted by Gasteiger charge is -2.33. The highest BCUT2D eigenvalue weighted by Crippen LogP contribution is 2.46. The third kappa shape index (κ3) is 4.48. The topological polar surface area (TPSA) is 76.8 Å². The highest BCUT2D eigenvalue weighted by atomic mass is 79.9. The van der Waals surface area contributed by atoms with Crippen molar-refractivity contribution < 1.29 is 18.0 Å². The third-order valence-corrected chi connectivity index (χ3v) is 6.75. The van der Waals surface area contributed by atoms with Gasteiger partial charge in [0.2, 0.25) is 0 Å². The summed E-state index contributed by atoms with van der Waals surface area (Å²) in [4.78, 5) is 12.8. The molecular formula is C21H21BrClF3N6O. The van der Waals surface area contributed by atoms with Gasteiger partial charge in [0.25, 0.3) is 5.91 Å². The summed E-state index contributed by atoms with van der Waals surface area (Å²) in [5.41, 5.74) is 2.86. The zero-order valence-electron chi connectivity index (χ0n) is 18.0. The van der Waals surface area contributed by atoms with Crippen molar-refractivity contribution in [2.24, 2.45) is 7.05 Å². The van der Waals surface area contributed by atoms with Crippen molar-refractivity contribution in [3.63, 3.8) is 0 Å². The molecule has 0 unspecified atom stereocenters. The maximum atomic E-state index is 13.9. The average molecular weight is 546 g/mol. The molecule has 0 aliphatic carbocycles. The van der Waals surface area contributed by atoms with E-state index in [0.29, 0.717) is 5.56 Å². The molecule has 3 heterocycles. The van der Waals surface area contributed by atoms with Gasteiger partial charge in [-0.05, 0) is 31.5 Å².